The zero-order valence-electron chi connectivity index (χ0n) is 17.8. The summed E-state index contributed by atoms with van der Waals surface area (Å²) in [4.78, 5) is 12.1. The molecule has 1 aliphatic rings. The molecule has 3 aromatic heterocycles. The second-order valence-corrected chi connectivity index (χ2v) is 8.69. The molecule has 0 saturated heterocycles. The Balaban J connectivity index is 0.000000230. The van der Waals surface area contributed by atoms with Gasteiger partial charge in [0.25, 0.3) is 0 Å². The molecule has 1 fully saturated rings. The molecule has 0 radical (unpaired) electrons. The van der Waals surface area contributed by atoms with Crippen LogP contribution in [0.3, 0.4) is 0 Å². The molecular weight excluding hydrogens is 374 g/mol. The van der Waals surface area contributed by atoms with Gasteiger partial charge in [0.2, 0.25) is 0 Å². The van der Waals surface area contributed by atoms with Gasteiger partial charge in [-0.15, -0.1) is 0 Å². The molecule has 0 amide bonds. The molecule has 4 aromatic rings. The molecule has 0 spiro atoms. The molecular formula is C24H31N5O. The van der Waals surface area contributed by atoms with Gasteiger partial charge in [-0.2, -0.15) is 0 Å². The summed E-state index contributed by atoms with van der Waals surface area (Å²) in [6.45, 7) is 4.47. The van der Waals surface area contributed by atoms with Crippen LogP contribution in [0.1, 0.15) is 51.5 Å². The van der Waals surface area contributed by atoms with Gasteiger partial charge in [-0.05, 0) is 50.8 Å². The number of imidazole rings is 1. The van der Waals surface area contributed by atoms with Crippen molar-refractivity contribution in [2.75, 3.05) is 6.54 Å². The molecule has 1 aliphatic carbocycles. The predicted molar refractivity (Wildman–Crippen MR) is 121 cm³/mol. The van der Waals surface area contributed by atoms with E-state index in [-0.39, 0.29) is 0 Å². The molecule has 0 aliphatic heterocycles. The molecule has 6 heteroatoms. The Morgan fingerprint density at radius 2 is 1.80 bits per heavy atom. The van der Waals surface area contributed by atoms with Crippen LogP contribution in [0.15, 0.2) is 49.1 Å². The Morgan fingerprint density at radius 1 is 1.07 bits per heavy atom. The Labute approximate surface area is 177 Å². The second-order valence-electron chi connectivity index (χ2n) is 8.69. The zero-order chi connectivity index (χ0) is 21.1. The van der Waals surface area contributed by atoms with Crippen LogP contribution < -0.4 is 5.73 Å². The highest BCUT2D eigenvalue weighted by atomic mass is 16.3. The van der Waals surface area contributed by atoms with Crippen molar-refractivity contribution in [3.63, 3.8) is 0 Å². The second kappa shape index (κ2) is 8.58. The first-order chi connectivity index (χ1) is 14.5. The summed E-state index contributed by atoms with van der Waals surface area (Å²) in [5.74, 6) is 0.865. The molecule has 158 valence electrons. The van der Waals surface area contributed by atoms with E-state index in [1.54, 1.807) is 13.8 Å². The molecule has 1 saturated carbocycles. The van der Waals surface area contributed by atoms with Crippen molar-refractivity contribution in [3.05, 3.63) is 54.6 Å². The van der Waals surface area contributed by atoms with Gasteiger partial charge >= 0.3 is 0 Å². The smallest absolute Gasteiger partial charge is 0.154 e. The summed E-state index contributed by atoms with van der Waals surface area (Å²) >= 11 is 0. The number of fused-ring (bicyclic) bond motifs is 3. The molecule has 5 rings (SSSR count). The molecule has 1 aromatic carbocycles. The zero-order valence-corrected chi connectivity index (χ0v) is 17.8. The SMILES string of the molecule is CC(C)(O)c1ccc(-c2ncn3c2cnc2[nH]ccc23)cc1.NCC1CCCCC1. The highest BCUT2D eigenvalue weighted by molar-refractivity contribution is 5.83. The number of aromatic nitrogens is 4. The third-order valence-electron chi connectivity index (χ3n) is 6.01. The number of aromatic amines is 1. The van der Waals surface area contributed by atoms with E-state index < -0.39 is 5.60 Å². The molecule has 0 bridgehead atoms. The van der Waals surface area contributed by atoms with E-state index in [1.807, 2.05) is 53.5 Å². The number of hydrogen-bond donors (Lipinski definition) is 3. The van der Waals surface area contributed by atoms with Crippen LogP contribution in [0.5, 0.6) is 0 Å². The Bertz CT molecular complexity index is 1100. The average molecular weight is 406 g/mol. The van der Waals surface area contributed by atoms with Gasteiger partial charge in [-0.1, -0.05) is 43.5 Å². The summed E-state index contributed by atoms with van der Waals surface area (Å²) in [5.41, 5.74) is 10.2. The van der Waals surface area contributed by atoms with Gasteiger partial charge in [0.1, 0.15) is 6.33 Å². The number of rotatable bonds is 3. The first kappa shape index (κ1) is 20.6. The van der Waals surface area contributed by atoms with Crippen molar-refractivity contribution in [1.29, 1.82) is 0 Å². The predicted octanol–water partition coefficient (Wildman–Crippen LogP) is 4.63. The summed E-state index contributed by atoms with van der Waals surface area (Å²) < 4.78 is 2.03. The first-order valence-electron chi connectivity index (χ1n) is 10.8. The van der Waals surface area contributed by atoms with Crippen molar-refractivity contribution in [3.8, 4) is 11.3 Å². The largest absolute Gasteiger partial charge is 0.386 e. The Kier molecular flexibility index (Phi) is 5.88. The number of nitrogens with two attached hydrogens (primary N) is 1. The van der Waals surface area contributed by atoms with Crippen LogP contribution in [0.4, 0.5) is 0 Å². The van der Waals surface area contributed by atoms with E-state index in [0.717, 1.165) is 46.0 Å². The van der Waals surface area contributed by atoms with Crippen LogP contribution in [-0.4, -0.2) is 31.0 Å². The number of aliphatic hydroxyl groups is 1. The highest BCUT2D eigenvalue weighted by Gasteiger charge is 2.16. The van der Waals surface area contributed by atoms with E-state index in [4.69, 9.17) is 5.73 Å². The van der Waals surface area contributed by atoms with Crippen molar-refractivity contribution in [1.82, 2.24) is 19.4 Å². The minimum Gasteiger partial charge on any atom is -0.386 e. The lowest BCUT2D eigenvalue weighted by Gasteiger charge is -2.18. The molecule has 6 nitrogen and oxygen atoms in total. The highest BCUT2D eigenvalue weighted by Crippen LogP contribution is 2.27. The fourth-order valence-electron chi connectivity index (χ4n) is 4.13. The van der Waals surface area contributed by atoms with Crippen molar-refractivity contribution in [2.24, 2.45) is 11.7 Å². The number of nitrogens with one attached hydrogen (secondary N) is 1. The van der Waals surface area contributed by atoms with E-state index in [0.29, 0.717) is 0 Å². The lowest BCUT2D eigenvalue weighted by Crippen LogP contribution is -2.16. The lowest BCUT2D eigenvalue weighted by molar-refractivity contribution is 0.0786. The van der Waals surface area contributed by atoms with Crippen LogP contribution >= 0.6 is 0 Å². The van der Waals surface area contributed by atoms with Crippen LogP contribution in [0.25, 0.3) is 27.9 Å². The topological polar surface area (TPSA) is 92.2 Å². The number of H-pyrrole nitrogens is 1. The summed E-state index contributed by atoms with van der Waals surface area (Å²) in [6.07, 6.45) is 12.6. The van der Waals surface area contributed by atoms with Gasteiger partial charge in [0.15, 0.2) is 5.65 Å². The van der Waals surface area contributed by atoms with Crippen LogP contribution in [0.2, 0.25) is 0 Å². The average Bonchev–Trinajstić information content (AvgIpc) is 3.41. The maximum atomic E-state index is 10.0. The minimum absolute atomic E-state index is 0.840. The molecule has 3 heterocycles. The fourth-order valence-corrected chi connectivity index (χ4v) is 4.13. The fraction of sp³-hybridized carbons (Fsp3) is 0.417. The Hall–Kier alpha value is -2.70. The van der Waals surface area contributed by atoms with E-state index in [1.165, 1.54) is 32.1 Å². The molecule has 30 heavy (non-hydrogen) atoms. The number of nitrogens with zero attached hydrogens (tertiary/aromatic N) is 3. The molecule has 0 unspecified atom stereocenters. The summed E-state index contributed by atoms with van der Waals surface area (Å²) in [7, 11) is 0. The quantitative estimate of drug-likeness (QED) is 0.463. The van der Waals surface area contributed by atoms with Crippen LogP contribution in [0, 0.1) is 5.92 Å². The van der Waals surface area contributed by atoms with Crippen LogP contribution in [-0.2, 0) is 5.60 Å². The maximum absolute atomic E-state index is 10.0. The minimum atomic E-state index is -0.840. The maximum Gasteiger partial charge on any atom is 0.154 e. The molecule has 0 atom stereocenters. The lowest BCUT2D eigenvalue weighted by atomic mass is 9.90. The van der Waals surface area contributed by atoms with E-state index >= 15 is 0 Å². The number of hydrogen-bond acceptors (Lipinski definition) is 4. The van der Waals surface area contributed by atoms with Crippen molar-refractivity contribution < 1.29 is 5.11 Å². The van der Waals surface area contributed by atoms with Crippen molar-refractivity contribution >= 4 is 16.7 Å². The van der Waals surface area contributed by atoms with Gasteiger partial charge in [0.05, 0.1) is 28.5 Å². The van der Waals surface area contributed by atoms with Gasteiger partial charge < -0.3 is 15.8 Å². The van der Waals surface area contributed by atoms with Crippen molar-refractivity contribution in [2.45, 2.75) is 51.6 Å². The standard InChI is InChI=1S/C17H16N4O.C7H15N/c1-17(2,22)12-5-3-11(4-6-12)15-14-9-19-16-13(7-8-18-16)21(14)10-20-15;8-6-7-4-2-1-3-5-7/h3-10,18,22H,1-2H3;7H,1-6,8H2. The first-order valence-corrected chi connectivity index (χ1v) is 10.8. The van der Waals surface area contributed by atoms with Gasteiger partial charge in [-0.3, -0.25) is 4.40 Å². The molecule has 4 N–H and O–H groups in total. The number of benzene rings is 1. The van der Waals surface area contributed by atoms with E-state index in [9.17, 15) is 5.11 Å². The Morgan fingerprint density at radius 3 is 2.43 bits per heavy atom. The third kappa shape index (κ3) is 4.25. The summed E-state index contributed by atoms with van der Waals surface area (Å²) in [5, 5.41) is 10.0. The monoisotopic (exact) mass is 405 g/mol. The third-order valence-corrected chi connectivity index (χ3v) is 6.01. The summed E-state index contributed by atoms with van der Waals surface area (Å²) in [6, 6.07) is 9.82. The van der Waals surface area contributed by atoms with Gasteiger partial charge in [0, 0.05) is 11.8 Å². The van der Waals surface area contributed by atoms with Gasteiger partial charge in [-0.25, -0.2) is 9.97 Å². The van der Waals surface area contributed by atoms with E-state index in [2.05, 4.69) is 15.0 Å². The normalized spacial score (nSPS) is 15.3.